The zero-order valence-corrected chi connectivity index (χ0v) is 16.3. The summed E-state index contributed by atoms with van der Waals surface area (Å²) in [5, 5.41) is 15.5. The number of rotatable bonds is 8. The Hall–Kier alpha value is -2.67. The molecule has 6 nitrogen and oxygen atoms in total. The summed E-state index contributed by atoms with van der Waals surface area (Å²) in [5.41, 5.74) is 3.28. The average molecular weight is 382 g/mol. The van der Waals surface area contributed by atoms with Crippen LogP contribution in [-0.4, -0.2) is 37.9 Å². The molecule has 0 aliphatic carbocycles. The van der Waals surface area contributed by atoms with E-state index in [0.717, 1.165) is 24.1 Å². The number of carbonyl (C=O) groups is 1. The predicted molar refractivity (Wildman–Crippen MR) is 107 cm³/mol. The van der Waals surface area contributed by atoms with Crippen LogP contribution in [0.4, 0.5) is 0 Å². The van der Waals surface area contributed by atoms with E-state index in [9.17, 15) is 4.79 Å². The van der Waals surface area contributed by atoms with E-state index >= 15 is 0 Å². The van der Waals surface area contributed by atoms with E-state index in [1.54, 1.807) is 4.68 Å². The third-order valence-corrected chi connectivity index (χ3v) is 5.15. The molecular formula is C20H23N5OS. The van der Waals surface area contributed by atoms with Crippen LogP contribution in [0, 0.1) is 6.92 Å². The summed E-state index contributed by atoms with van der Waals surface area (Å²) in [6.45, 7) is 4.04. The van der Waals surface area contributed by atoms with Crippen molar-refractivity contribution in [3.8, 4) is 5.69 Å². The molecule has 0 unspecified atom stereocenters. The maximum absolute atomic E-state index is 12.3. The van der Waals surface area contributed by atoms with E-state index in [0.29, 0.717) is 5.16 Å². The lowest BCUT2D eigenvalue weighted by molar-refractivity contribution is -0.119. The predicted octanol–water partition coefficient (Wildman–Crippen LogP) is 3.20. The van der Waals surface area contributed by atoms with Gasteiger partial charge in [-0.25, -0.2) is 0 Å². The Morgan fingerprint density at radius 2 is 1.89 bits per heavy atom. The molecule has 0 saturated carbocycles. The second-order valence-corrected chi connectivity index (χ2v) is 7.38. The lowest BCUT2D eigenvalue weighted by Crippen LogP contribution is -2.34. The molecule has 7 heteroatoms. The quantitative estimate of drug-likeness (QED) is 0.607. The molecule has 0 radical (unpaired) electrons. The molecule has 27 heavy (non-hydrogen) atoms. The van der Waals surface area contributed by atoms with Crippen LogP contribution in [0.5, 0.6) is 0 Å². The number of thioether (sulfide) groups is 1. The second kappa shape index (κ2) is 9.32. The molecule has 1 N–H and O–H groups in total. The molecule has 1 atom stereocenters. The zero-order chi connectivity index (χ0) is 19.1. The molecule has 0 fully saturated rings. The first-order chi connectivity index (χ1) is 13.1. The fourth-order valence-electron chi connectivity index (χ4n) is 2.77. The monoisotopic (exact) mass is 381 g/mol. The number of hydrogen-bond donors (Lipinski definition) is 1. The van der Waals surface area contributed by atoms with Crippen molar-refractivity contribution in [1.29, 1.82) is 0 Å². The lowest BCUT2D eigenvalue weighted by Gasteiger charge is -2.13. The van der Waals surface area contributed by atoms with Gasteiger partial charge in [-0.2, -0.15) is 4.68 Å². The van der Waals surface area contributed by atoms with Crippen LogP contribution in [-0.2, 0) is 11.2 Å². The van der Waals surface area contributed by atoms with Crippen molar-refractivity contribution in [2.45, 2.75) is 37.9 Å². The number of tetrazole rings is 1. The highest BCUT2D eigenvalue weighted by Gasteiger charge is 2.14. The lowest BCUT2D eigenvalue weighted by atomic mass is 10.1. The van der Waals surface area contributed by atoms with E-state index < -0.39 is 0 Å². The molecule has 1 aromatic heterocycles. The Kier molecular flexibility index (Phi) is 6.59. The molecule has 1 heterocycles. The molecule has 0 aliphatic rings. The van der Waals surface area contributed by atoms with Crippen molar-refractivity contribution in [3.05, 3.63) is 65.7 Å². The van der Waals surface area contributed by atoms with Crippen molar-refractivity contribution < 1.29 is 4.79 Å². The highest BCUT2D eigenvalue weighted by molar-refractivity contribution is 7.99. The van der Waals surface area contributed by atoms with Gasteiger partial charge in [0.25, 0.3) is 0 Å². The molecule has 1 amide bonds. The molecule has 3 rings (SSSR count). The van der Waals surface area contributed by atoms with Gasteiger partial charge in [0.2, 0.25) is 11.1 Å². The van der Waals surface area contributed by atoms with Gasteiger partial charge in [0.05, 0.1) is 11.4 Å². The van der Waals surface area contributed by atoms with Crippen LogP contribution >= 0.6 is 11.8 Å². The first-order valence-corrected chi connectivity index (χ1v) is 9.92. The minimum Gasteiger partial charge on any atom is -0.353 e. The maximum Gasteiger partial charge on any atom is 0.230 e. The number of aromatic nitrogens is 4. The Bertz CT molecular complexity index is 881. The third kappa shape index (κ3) is 5.40. The summed E-state index contributed by atoms with van der Waals surface area (Å²) in [5.74, 6) is 0.266. The Balaban J connectivity index is 1.50. The Morgan fingerprint density at radius 1 is 1.15 bits per heavy atom. The molecule has 0 saturated heterocycles. The number of benzene rings is 2. The fraction of sp³-hybridized carbons (Fsp3) is 0.300. The average Bonchev–Trinajstić information content (AvgIpc) is 3.14. The van der Waals surface area contributed by atoms with E-state index in [-0.39, 0.29) is 17.7 Å². The first kappa shape index (κ1) is 19.1. The van der Waals surface area contributed by atoms with Crippen molar-refractivity contribution in [3.63, 3.8) is 0 Å². The van der Waals surface area contributed by atoms with E-state index in [1.807, 2.05) is 56.3 Å². The van der Waals surface area contributed by atoms with Gasteiger partial charge in [-0.05, 0) is 54.3 Å². The number of carbonyl (C=O) groups excluding carboxylic acids is 1. The number of para-hydroxylation sites is 1. The smallest absolute Gasteiger partial charge is 0.230 e. The fourth-order valence-corrected chi connectivity index (χ4v) is 3.46. The molecular weight excluding hydrogens is 358 g/mol. The van der Waals surface area contributed by atoms with Gasteiger partial charge in [0.15, 0.2) is 0 Å². The van der Waals surface area contributed by atoms with E-state index in [2.05, 4.69) is 33.0 Å². The highest BCUT2D eigenvalue weighted by atomic mass is 32.2. The van der Waals surface area contributed by atoms with Crippen LogP contribution in [0.1, 0.15) is 24.5 Å². The van der Waals surface area contributed by atoms with Crippen LogP contribution in [0.2, 0.25) is 0 Å². The van der Waals surface area contributed by atoms with E-state index in [4.69, 9.17) is 0 Å². The maximum atomic E-state index is 12.3. The number of amides is 1. The minimum absolute atomic E-state index is 0.0140. The number of nitrogens with zero attached hydrogens (tertiary/aromatic N) is 4. The topological polar surface area (TPSA) is 72.7 Å². The van der Waals surface area contributed by atoms with Gasteiger partial charge in [0.1, 0.15) is 0 Å². The summed E-state index contributed by atoms with van der Waals surface area (Å²) in [4.78, 5) is 12.3. The Labute approximate surface area is 163 Å². The van der Waals surface area contributed by atoms with Crippen LogP contribution < -0.4 is 5.32 Å². The van der Waals surface area contributed by atoms with Crippen LogP contribution in [0.3, 0.4) is 0 Å². The first-order valence-electron chi connectivity index (χ1n) is 8.94. The van der Waals surface area contributed by atoms with E-state index in [1.165, 1.54) is 17.3 Å². The van der Waals surface area contributed by atoms with Gasteiger partial charge in [-0.15, -0.1) is 5.10 Å². The normalized spacial score (nSPS) is 11.9. The van der Waals surface area contributed by atoms with Crippen molar-refractivity contribution in [2.75, 3.05) is 5.75 Å². The molecule has 0 spiro atoms. The third-order valence-electron chi connectivity index (χ3n) is 4.23. The van der Waals surface area contributed by atoms with Crippen LogP contribution in [0.15, 0.2) is 59.8 Å². The van der Waals surface area contributed by atoms with Gasteiger partial charge in [-0.3, -0.25) is 4.79 Å². The van der Waals surface area contributed by atoms with Crippen LogP contribution in [0.25, 0.3) is 5.69 Å². The summed E-state index contributed by atoms with van der Waals surface area (Å²) in [6, 6.07) is 18.3. The summed E-state index contributed by atoms with van der Waals surface area (Å²) >= 11 is 1.34. The highest BCUT2D eigenvalue weighted by Crippen LogP contribution is 2.20. The van der Waals surface area contributed by atoms with Gasteiger partial charge < -0.3 is 5.32 Å². The van der Waals surface area contributed by atoms with Gasteiger partial charge in [0, 0.05) is 6.04 Å². The Morgan fingerprint density at radius 3 is 2.67 bits per heavy atom. The molecule has 3 aromatic rings. The largest absolute Gasteiger partial charge is 0.353 e. The molecule has 0 aliphatic heterocycles. The summed E-state index contributed by atoms with van der Waals surface area (Å²) in [6.07, 6.45) is 1.85. The summed E-state index contributed by atoms with van der Waals surface area (Å²) < 4.78 is 1.67. The zero-order valence-electron chi connectivity index (χ0n) is 15.5. The SMILES string of the molecule is Cc1ccccc1-n1nnnc1SCC(=O)N[C@@H](C)CCc1ccccc1. The minimum atomic E-state index is -0.0140. The standard InChI is InChI=1S/C20H23N5OS/c1-15-8-6-7-11-18(15)25-20(22-23-24-25)27-14-19(26)21-16(2)12-13-17-9-4-3-5-10-17/h3-11,16H,12-14H2,1-2H3,(H,21,26)/t16-/m0/s1. The molecule has 2 aromatic carbocycles. The molecule has 0 bridgehead atoms. The number of hydrogen-bond acceptors (Lipinski definition) is 5. The van der Waals surface area contributed by atoms with Crippen molar-refractivity contribution >= 4 is 17.7 Å². The second-order valence-electron chi connectivity index (χ2n) is 6.44. The summed E-state index contributed by atoms with van der Waals surface area (Å²) in [7, 11) is 0. The number of nitrogens with one attached hydrogen (secondary N) is 1. The molecule has 140 valence electrons. The number of aryl methyl sites for hydroxylation is 2. The van der Waals surface area contributed by atoms with Crippen molar-refractivity contribution in [2.24, 2.45) is 0 Å². The van der Waals surface area contributed by atoms with Crippen molar-refractivity contribution in [1.82, 2.24) is 25.5 Å². The van der Waals surface area contributed by atoms with Gasteiger partial charge in [-0.1, -0.05) is 60.3 Å². The van der Waals surface area contributed by atoms with Gasteiger partial charge >= 0.3 is 0 Å².